The second kappa shape index (κ2) is 8.20. The Hall–Kier alpha value is -3.51. The Morgan fingerprint density at radius 2 is 1.75 bits per heavy atom. The second-order valence-electron chi connectivity index (χ2n) is 8.71. The fourth-order valence-corrected chi connectivity index (χ4v) is 4.42. The van der Waals surface area contributed by atoms with E-state index in [1.165, 1.54) is 11.3 Å². The molecular weight excluding hydrogens is 396 g/mol. The van der Waals surface area contributed by atoms with Crippen molar-refractivity contribution in [3.63, 3.8) is 0 Å². The maximum absolute atomic E-state index is 6.26. The van der Waals surface area contributed by atoms with Crippen molar-refractivity contribution in [1.82, 2.24) is 19.4 Å². The Bertz CT molecular complexity index is 1210. The van der Waals surface area contributed by atoms with Crippen LogP contribution in [0.5, 0.6) is 0 Å². The maximum Gasteiger partial charge on any atom is 0.143 e. The number of fused-ring (bicyclic) bond motifs is 1. The van der Waals surface area contributed by atoms with Crippen LogP contribution in [-0.2, 0) is 6.54 Å². The third kappa shape index (κ3) is 3.78. The molecule has 0 atom stereocenters. The number of allylic oxidation sites excluding steroid dienone is 2. The molecule has 1 fully saturated rings. The number of benzene rings is 2. The van der Waals surface area contributed by atoms with Gasteiger partial charge in [-0.05, 0) is 36.9 Å². The van der Waals surface area contributed by atoms with Crippen LogP contribution in [0.4, 0.5) is 5.69 Å². The highest BCUT2D eigenvalue weighted by atomic mass is 15.2. The molecule has 164 valence electrons. The van der Waals surface area contributed by atoms with Crippen LogP contribution in [0, 0.1) is 0 Å². The summed E-state index contributed by atoms with van der Waals surface area (Å²) in [6, 6.07) is 17.2. The Morgan fingerprint density at radius 1 is 1.00 bits per heavy atom. The molecule has 6 heteroatoms. The largest absolute Gasteiger partial charge is 0.397 e. The molecule has 0 amide bonds. The monoisotopic (exact) mass is 426 g/mol. The summed E-state index contributed by atoms with van der Waals surface area (Å²) in [6.45, 7) is 9.05. The average Bonchev–Trinajstić information content (AvgIpc) is 3.16. The van der Waals surface area contributed by atoms with Crippen LogP contribution in [0.2, 0.25) is 0 Å². The van der Waals surface area contributed by atoms with E-state index in [0.717, 1.165) is 60.9 Å². The van der Waals surface area contributed by atoms with E-state index in [0.29, 0.717) is 5.70 Å². The third-order valence-corrected chi connectivity index (χ3v) is 6.44. The van der Waals surface area contributed by atoms with Gasteiger partial charge in [-0.25, -0.2) is 4.98 Å². The molecule has 0 radical (unpaired) electrons. The lowest BCUT2D eigenvalue weighted by Crippen LogP contribution is -2.44. The molecule has 2 aliphatic heterocycles. The van der Waals surface area contributed by atoms with E-state index in [1.807, 2.05) is 18.0 Å². The van der Waals surface area contributed by atoms with Gasteiger partial charge in [0.15, 0.2) is 0 Å². The number of piperazine rings is 1. The lowest BCUT2D eigenvalue weighted by Gasteiger charge is -2.34. The number of rotatable bonds is 4. The highest BCUT2D eigenvalue weighted by Crippen LogP contribution is 2.31. The van der Waals surface area contributed by atoms with Gasteiger partial charge in [-0.3, -0.25) is 0 Å². The summed E-state index contributed by atoms with van der Waals surface area (Å²) < 4.78 is 2.31. The minimum absolute atomic E-state index is 0.668. The van der Waals surface area contributed by atoms with E-state index in [9.17, 15) is 0 Å². The van der Waals surface area contributed by atoms with Crippen molar-refractivity contribution in [1.29, 1.82) is 0 Å². The van der Waals surface area contributed by atoms with E-state index < -0.39 is 0 Å². The number of aromatic nitrogens is 2. The molecule has 3 heterocycles. The summed E-state index contributed by atoms with van der Waals surface area (Å²) in [5.74, 6) is 0.918. The number of hydrogen-bond acceptors (Lipinski definition) is 5. The number of anilines is 1. The predicted octanol–water partition coefficient (Wildman–Crippen LogP) is 3.48. The van der Waals surface area contributed by atoms with Crippen molar-refractivity contribution < 1.29 is 0 Å². The molecule has 2 aliphatic rings. The Kier molecular flexibility index (Phi) is 5.23. The van der Waals surface area contributed by atoms with E-state index in [-0.39, 0.29) is 0 Å². The van der Waals surface area contributed by atoms with Crippen molar-refractivity contribution in [2.24, 2.45) is 5.73 Å². The van der Waals surface area contributed by atoms with E-state index in [4.69, 9.17) is 10.7 Å². The number of likely N-dealkylation sites (N-methyl/N-ethyl adjacent to an activating group) is 2. The fourth-order valence-electron chi connectivity index (χ4n) is 4.42. The van der Waals surface area contributed by atoms with Crippen LogP contribution < -0.4 is 10.6 Å². The predicted molar refractivity (Wildman–Crippen MR) is 132 cm³/mol. The lowest BCUT2D eigenvalue weighted by molar-refractivity contribution is 0.313. The number of imidazole rings is 1. The van der Waals surface area contributed by atoms with Crippen LogP contribution in [0.15, 0.2) is 78.8 Å². The highest BCUT2D eigenvalue weighted by molar-refractivity contribution is 5.85. The summed E-state index contributed by atoms with van der Waals surface area (Å²) in [5.41, 5.74) is 13.3. The molecule has 1 saturated heterocycles. The summed E-state index contributed by atoms with van der Waals surface area (Å²) in [7, 11) is 4.16. The van der Waals surface area contributed by atoms with Gasteiger partial charge in [0.1, 0.15) is 5.82 Å². The highest BCUT2D eigenvalue weighted by Gasteiger charge is 2.21. The van der Waals surface area contributed by atoms with Gasteiger partial charge >= 0.3 is 0 Å². The molecular formula is C26H30N6. The van der Waals surface area contributed by atoms with Crippen LogP contribution >= 0.6 is 0 Å². The molecule has 0 aliphatic carbocycles. The topological polar surface area (TPSA) is 53.6 Å². The fraction of sp³-hybridized carbons (Fsp3) is 0.269. The quantitative estimate of drug-likeness (QED) is 0.692. The molecule has 3 aromatic rings. The van der Waals surface area contributed by atoms with Gasteiger partial charge in [-0.15, -0.1) is 0 Å². The maximum atomic E-state index is 6.26. The van der Waals surface area contributed by atoms with Gasteiger partial charge in [0.2, 0.25) is 0 Å². The minimum Gasteiger partial charge on any atom is -0.397 e. The van der Waals surface area contributed by atoms with Gasteiger partial charge in [-0.2, -0.15) is 0 Å². The first kappa shape index (κ1) is 20.4. The van der Waals surface area contributed by atoms with E-state index >= 15 is 0 Å². The van der Waals surface area contributed by atoms with Crippen molar-refractivity contribution in [2.45, 2.75) is 6.54 Å². The van der Waals surface area contributed by atoms with Crippen molar-refractivity contribution in [3.05, 3.63) is 90.2 Å². The number of hydrogen-bond donors (Lipinski definition) is 1. The zero-order valence-electron chi connectivity index (χ0n) is 18.8. The van der Waals surface area contributed by atoms with Crippen LogP contribution in [-0.4, -0.2) is 59.6 Å². The SMILES string of the molecule is C=C1C(N)=CC(c2nc3ccc(N4CCN(C)CC4)cc3n2Cc2ccccc2)=CN1C. The van der Waals surface area contributed by atoms with Gasteiger partial charge in [0.05, 0.1) is 22.4 Å². The first-order valence-corrected chi connectivity index (χ1v) is 11.1. The van der Waals surface area contributed by atoms with E-state index in [2.05, 4.69) is 82.7 Å². The van der Waals surface area contributed by atoms with Crippen molar-refractivity contribution in [3.8, 4) is 0 Å². The molecule has 0 saturated carbocycles. The standard InChI is InChI=1S/C26H30N6/c1-19-23(27)15-21(18-30(19)3)26-28-24-10-9-22(31-13-11-29(2)12-14-31)16-25(24)32(26)17-20-7-5-4-6-8-20/h4-10,15-16,18H,1,11-14,17,27H2,2-3H3. The van der Waals surface area contributed by atoms with Gasteiger partial charge in [0, 0.05) is 57.2 Å². The van der Waals surface area contributed by atoms with E-state index in [1.54, 1.807) is 0 Å². The third-order valence-electron chi connectivity index (χ3n) is 6.44. The minimum atomic E-state index is 0.668. The van der Waals surface area contributed by atoms with Gasteiger partial charge < -0.3 is 25.0 Å². The van der Waals surface area contributed by atoms with Gasteiger partial charge in [0.25, 0.3) is 0 Å². The Balaban J connectivity index is 1.62. The summed E-state index contributed by atoms with van der Waals surface area (Å²) in [4.78, 5) is 11.8. The van der Waals surface area contributed by atoms with Crippen molar-refractivity contribution >= 4 is 22.3 Å². The number of nitrogens with zero attached hydrogens (tertiary/aromatic N) is 5. The number of nitrogens with two attached hydrogens (primary N) is 1. The van der Waals surface area contributed by atoms with Crippen LogP contribution in [0.25, 0.3) is 16.6 Å². The molecule has 0 unspecified atom stereocenters. The average molecular weight is 427 g/mol. The molecule has 2 N–H and O–H groups in total. The molecule has 0 spiro atoms. The van der Waals surface area contributed by atoms with Crippen LogP contribution in [0.1, 0.15) is 11.4 Å². The molecule has 32 heavy (non-hydrogen) atoms. The Labute approximate surface area is 189 Å². The lowest BCUT2D eigenvalue weighted by atomic mass is 10.1. The summed E-state index contributed by atoms with van der Waals surface area (Å²) >= 11 is 0. The van der Waals surface area contributed by atoms with Crippen molar-refractivity contribution in [2.75, 3.05) is 45.2 Å². The molecule has 2 aromatic carbocycles. The van der Waals surface area contributed by atoms with Gasteiger partial charge in [-0.1, -0.05) is 36.9 Å². The molecule has 6 nitrogen and oxygen atoms in total. The molecule has 1 aromatic heterocycles. The first-order chi connectivity index (χ1) is 15.5. The molecule has 5 rings (SSSR count). The zero-order chi connectivity index (χ0) is 22.2. The summed E-state index contributed by atoms with van der Waals surface area (Å²) in [5, 5.41) is 0. The second-order valence-corrected chi connectivity index (χ2v) is 8.71. The zero-order valence-corrected chi connectivity index (χ0v) is 18.8. The molecule has 0 bridgehead atoms. The smallest absolute Gasteiger partial charge is 0.143 e. The van der Waals surface area contributed by atoms with Crippen LogP contribution in [0.3, 0.4) is 0 Å². The Morgan fingerprint density at radius 3 is 2.47 bits per heavy atom. The summed E-state index contributed by atoms with van der Waals surface area (Å²) in [6.07, 6.45) is 4.04. The first-order valence-electron chi connectivity index (χ1n) is 11.1. The normalized spacial score (nSPS) is 17.6.